The molecule has 0 amide bonds. The van der Waals surface area contributed by atoms with E-state index >= 15 is 0 Å². The maximum atomic E-state index is 12.0. The highest BCUT2D eigenvalue weighted by Crippen LogP contribution is 2.27. The molecule has 1 aliphatic heterocycles. The minimum absolute atomic E-state index is 0.0630. The summed E-state index contributed by atoms with van der Waals surface area (Å²) in [4.78, 5) is 12.0. The molecule has 8 nitrogen and oxygen atoms in total. The van der Waals surface area contributed by atoms with Gasteiger partial charge < -0.3 is 34.6 Å². The van der Waals surface area contributed by atoms with E-state index in [0.29, 0.717) is 6.61 Å². The van der Waals surface area contributed by atoms with Crippen LogP contribution >= 0.6 is 0 Å². The number of carbonyl (C=O) groups excluding carboxylic acids is 1. The van der Waals surface area contributed by atoms with Gasteiger partial charge in [0, 0.05) is 0 Å². The Morgan fingerprint density at radius 3 is 2.27 bits per heavy atom. The number of hydrogen-bond donors (Lipinski definition) is 4. The summed E-state index contributed by atoms with van der Waals surface area (Å²) in [5.41, 5.74) is 0. The fraction of sp³-hybridized carbons (Fsp3) is 0.833. The molecule has 0 saturated carbocycles. The third-order valence-electron chi connectivity index (χ3n) is 4.07. The third-order valence-corrected chi connectivity index (χ3v) is 4.07. The second-order valence-electron chi connectivity index (χ2n) is 6.39. The van der Waals surface area contributed by atoms with Crippen LogP contribution in [0.5, 0.6) is 0 Å². The van der Waals surface area contributed by atoms with Crippen LogP contribution in [0.4, 0.5) is 0 Å². The smallest absolute Gasteiger partial charge is 0.378 e. The second-order valence-corrected chi connectivity index (χ2v) is 6.39. The van der Waals surface area contributed by atoms with Gasteiger partial charge >= 0.3 is 5.97 Å². The van der Waals surface area contributed by atoms with Crippen LogP contribution in [0.3, 0.4) is 0 Å². The van der Waals surface area contributed by atoms with Crippen molar-refractivity contribution >= 4 is 5.97 Å². The van der Waals surface area contributed by atoms with E-state index in [2.05, 4.69) is 6.92 Å². The Labute approximate surface area is 154 Å². The van der Waals surface area contributed by atoms with E-state index in [0.717, 1.165) is 19.3 Å². The van der Waals surface area contributed by atoms with Gasteiger partial charge in [-0.05, 0) is 6.42 Å². The van der Waals surface area contributed by atoms with Crippen molar-refractivity contribution in [3.05, 3.63) is 11.5 Å². The molecule has 0 aromatic rings. The first-order valence-corrected chi connectivity index (χ1v) is 9.33. The van der Waals surface area contributed by atoms with Gasteiger partial charge in [-0.1, -0.05) is 45.4 Å². The summed E-state index contributed by atoms with van der Waals surface area (Å²) < 4.78 is 15.8. The Bertz CT molecular complexity index is 437. The van der Waals surface area contributed by atoms with Gasteiger partial charge in [-0.3, -0.25) is 0 Å². The van der Waals surface area contributed by atoms with Crippen molar-refractivity contribution in [3.63, 3.8) is 0 Å². The van der Waals surface area contributed by atoms with Crippen LogP contribution in [0.25, 0.3) is 0 Å². The molecule has 1 heterocycles. The summed E-state index contributed by atoms with van der Waals surface area (Å²) in [6, 6.07) is 0. The van der Waals surface area contributed by atoms with E-state index in [4.69, 9.17) is 24.4 Å². The zero-order valence-corrected chi connectivity index (χ0v) is 15.4. The van der Waals surface area contributed by atoms with Crippen LogP contribution < -0.4 is 0 Å². The van der Waals surface area contributed by atoms with Gasteiger partial charge in [-0.15, -0.1) is 0 Å². The number of aliphatic hydroxyl groups is 4. The quantitative estimate of drug-likeness (QED) is 0.242. The molecule has 3 atom stereocenters. The lowest BCUT2D eigenvalue weighted by Crippen LogP contribution is -2.33. The van der Waals surface area contributed by atoms with Crippen molar-refractivity contribution in [1.82, 2.24) is 0 Å². The Balaban J connectivity index is 2.55. The van der Waals surface area contributed by atoms with Crippen molar-refractivity contribution in [2.24, 2.45) is 0 Å². The molecule has 8 heteroatoms. The zero-order valence-electron chi connectivity index (χ0n) is 15.4. The molecule has 0 aliphatic carbocycles. The lowest BCUT2D eigenvalue weighted by atomic mass is 10.1. The molecular formula is C18H32O8. The van der Waals surface area contributed by atoms with E-state index in [1.165, 1.54) is 25.7 Å². The van der Waals surface area contributed by atoms with E-state index in [1.54, 1.807) is 0 Å². The van der Waals surface area contributed by atoms with Gasteiger partial charge in [0.25, 0.3) is 0 Å². The molecule has 4 N–H and O–H groups in total. The fourth-order valence-electron chi connectivity index (χ4n) is 2.55. The zero-order chi connectivity index (χ0) is 19.4. The Morgan fingerprint density at radius 2 is 1.65 bits per heavy atom. The summed E-state index contributed by atoms with van der Waals surface area (Å²) in [5.74, 6) is -0.996. The van der Waals surface area contributed by atoms with E-state index in [-0.39, 0.29) is 18.1 Å². The maximum Gasteiger partial charge on any atom is 0.378 e. The number of esters is 1. The molecular weight excluding hydrogens is 344 g/mol. The number of rotatable bonds is 15. The molecule has 0 spiro atoms. The lowest BCUT2D eigenvalue weighted by molar-refractivity contribution is -0.148. The normalized spacial score (nSPS) is 19.4. The number of ether oxygens (including phenoxy) is 3. The highest BCUT2D eigenvalue weighted by Gasteiger charge is 2.42. The molecule has 0 saturated heterocycles. The predicted octanol–water partition coefficient (Wildman–Crippen LogP) is 0.614. The Kier molecular flexibility index (Phi) is 11.3. The third kappa shape index (κ3) is 7.49. The average molecular weight is 376 g/mol. The van der Waals surface area contributed by atoms with E-state index in [1.807, 2.05) is 0 Å². The minimum atomic E-state index is -1.36. The fourth-order valence-corrected chi connectivity index (χ4v) is 2.55. The summed E-state index contributed by atoms with van der Waals surface area (Å²) in [5, 5.41) is 37.2. The second kappa shape index (κ2) is 12.9. The number of unbranched alkanes of at least 4 members (excludes halogenated alkanes) is 6. The first-order chi connectivity index (χ1) is 12.5. The summed E-state index contributed by atoms with van der Waals surface area (Å²) in [6.45, 7) is 1.04. The standard InChI is InChI=1S/C18H32O8/c1-2-3-4-5-6-7-8-9-24-17-16(25-12-13(21)10-19)15(14(22)11-20)26-18(17)23/h13-15,19-22H,2-12H2,1H3/t13?,14-,15+/m0/s1. The van der Waals surface area contributed by atoms with Gasteiger partial charge in [0.1, 0.15) is 18.8 Å². The van der Waals surface area contributed by atoms with Crippen LogP contribution in [0.15, 0.2) is 11.5 Å². The van der Waals surface area contributed by atoms with Crippen LogP contribution in [-0.2, 0) is 19.0 Å². The number of hydrogen-bond acceptors (Lipinski definition) is 8. The number of aliphatic hydroxyl groups excluding tert-OH is 4. The molecule has 26 heavy (non-hydrogen) atoms. The SMILES string of the molecule is CCCCCCCCCOC1=C(OCC(O)CO)[C@@H]([C@@H](O)CO)OC1=O. The molecule has 0 aromatic heterocycles. The first-order valence-electron chi connectivity index (χ1n) is 9.33. The van der Waals surface area contributed by atoms with Crippen LogP contribution in [-0.4, -0.2) is 71.1 Å². The van der Waals surface area contributed by atoms with Crippen molar-refractivity contribution in [2.45, 2.75) is 70.2 Å². The van der Waals surface area contributed by atoms with Crippen molar-refractivity contribution in [3.8, 4) is 0 Å². The molecule has 0 fully saturated rings. The maximum absolute atomic E-state index is 12.0. The van der Waals surface area contributed by atoms with Crippen LogP contribution in [0.1, 0.15) is 51.9 Å². The lowest BCUT2D eigenvalue weighted by Gasteiger charge is -2.19. The molecule has 152 valence electrons. The highest BCUT2D eigenvalue weighted by molar-refractivity contribution is 5.89. The molecule has 1 unspecified atom stereocenters. The highest BCUT2D eigenvalue weighted by atomic mass is 16.6. The summed E-state index contributed by atoms with van der Waals surface area (Å²) in [7, 11) is 0. The predicted molar refractivity (Wildman–Crippen MR) is 93.0 cm³/mol. The average Bonchev–Trinajstić information content (AvgIpc) is 2.96. The van der Waals surface area contributed by atoms with Gasteiger partial charge in [-0.25, -0.2) is 4.79 Å². The van der Waals surface area contributed by atoms with Crippen molar-refractivity contribution < 1.29 is 39.4 Å². The van der Waals surface area contributed by atoms with Crippen LogP contribution in [0, 0.1) is 0 Å². The number of cyclic esters (lactones) is 1. The van der Waals surface area contributed by atoms with Crippen LogP contribution in [0.2, 0.25) is 0 Å². The van der Waals surface area contributed by atoms with E-state index < -0.39 is 37.5 Å². The molecule has 0 radical (unpaired) electrons. The summed E-state index contributed by atoms with van der Waals surface area (Å²) >= 11 is 0. The Hall–Kier alpha value is -1.35. The van der Waals surface area contributed by atoms with Gasteiger partial charge in [-0.2, -0.15) is 0 Å². The molecule has 0 bridgehead atoms. The van der Waals surface area contributed by atoms with Gasteiger partial charge in [0.2, 0.25) is 5.76 Å². The van der Waals surface area contributed by atoms with Crippen molar-refractivity contribution in [1.29, 1.82) is 0 Å². The minimum Gasteiger partial charge on any atom is -0.487 e. The molecule has 1 rings (SSSR count). The topological polar surface area (TPSA) is 126 Å². The first kappa shape index (κ1) is 22.7. The largest absolute Gasteiger partial charge is 0.487 e. The molecule has 1 aliphatic rings. The number of carbonyl (C=O) groups is 1. The van der Waals surface area contributed by atoms with Gasteiger partial charge in [0.15, 0.2) is 11.9 Å². The Morgan fingerprint density at radius 1 is 1.00 bits per heavy atom. The monoisotopic (exact) mass is 376 g/mol. The molecule has 0 aromatic carbocycles. The van der Waals surface area contributed by atoms with Crippen molar-refractivity contribution in [2.75, 3.05) is 26.4 Å². The summed E-state index contributed by atoms with van der Waals surface area (Å²) in [6.07, 6.45) is 3.99. The van der Waals surface area contributed by atoms with E-state index in [9.17, 15) is 15.0 Å². The van der Waals surface area contributed by atoms with Gasteiger partial charge in [0.05, 0.1) is 19.8 Å².